The number of hydrogen-bond donors (Lipinski definition) is 3. The molecule has 2 heterocycles. The number of aromatic nitrogens is 1. The van der Waals surface area contributed by atoms with Crippen LogP contribution in [0.2, 0.25) is 5.02 Å². The summed E-state index contributed by atoms with van der Waals surface area (Å²) in [5.41, 5.74) is 2.34. The maximum Gasteiger partial charge on any atom is 0.255 e. The van der Waals surface area contributed by atoms with Crippen molar-refractivity contribution in [2.24, 2.45) is 0 Å². The zero-order chi connectivity index (χ0) is 21.8. The van der Waals surface area contributed by atoms with E-state index in [0.29, 0.717) is 33.5 Å². The maximum absolute atomic E-state index is 12.8. The zero-order valence-electron chi connectivity index (χ0n) is 16.8. The fourth-order valence-corrected chi connectivity index (χ4v) is 3.13. The highest BCUT2D eigenvalue weighted by Crippen LogP contribution is 2.37. The van der Waals surface area contributed by atoms with E-state index >= 15 is 0 Å². The molecule has 3 rings (SSSR count). The number of aryl methyl sites for hydroxylation is 1. The van der Waals surface area contributed by atoms with Crippen molar-refractivity contribution in [1.29, 1.82) is 0 Å². The third-order valence-corrected chi connectivity index (χ3v) is 4.66. The Morgan fingerprint density at radius 3 is 2.63 bits per heavy atom. The number of pyridine rings is 1. The minimum Gasteiger partial charge on any atom is -0.455 e. The number of amides is 2. The lowest BCUT2D eigenvalue weighted by Crippen LogP contribution is -2.30. The van der Waals surface area contributed by atoms with E-state index in [0.717, 1.165) is 5.56 Å². The molecule has 0 aliphatic carbocycles. The van der Waals surface area contributed by atoms with Crippen molar-refractivity contribution in [2.45, 2.75) is 26.9 Å². The van der Waals surface area contributed by atoms with Gasteiger partial charge in [0.2, 0.25) is 5.91 Å². The molecule has 30 heavy (non-hydrogen) atoms. The number of furan rings is 1. The van der Waals surface area contributed by atoms with Crippen LogP contribution in [0.4, 0.5) is 5.82 Å². The lowest BCUT2D eigenvalue weighted by atomic mass is 10.1. The molecule has 2 aromatic heterocycles. The van der Waals surface area contributed by atoms with Crippen molar-refractivity contribution in [1.82, 2.24) is 10.3 Å². The number of nitrogens with one attached hydrogen (secondary N) is 2. The van der Waals surface area contributed by atoms with Gasteiger partial charge in [-0.05, 0) is 43.7 Å². The van der Waals surface area contributed by atoms with Crippen molar-refractivity contribution >= 4 is 29.2 Å². The topological polar surface area (TPSA) is 104 Å². The Labute approximate surface area is 179 Å². The molecule has 0 saturated carbocycles. The van der Waals surface area contributed by atoms with Crippen LogP contribution in [-0.4, -0.2) is 34.6 Å². The molecule has 0 aliphatic rings. The molecule has 0 aliphatic heterocycles. The summed E-state index contributed by atoms with van der Waals surface area (Å²) in [5.74, 6) is 0.481. The molecule has 156 valence electrons. The SMILES string of the molecule is CC(=O)Nc1cc(-c2cc(C(=O)NCC(C)O)c(-c3ccccc3Cl)o2)c(C)cn1. The molecule has 8 heteroatoms. The number of hydrogen-bond acceptors (Lipinski definition) is 5. The molecule has 0 radical (unpaired) electrons. The predicted octanol–water partition coefficient (Wildman–Crippen LogP) is 4.04. The predicted molar refractivity (Wildman–Crippen MR) is 115 cm³/mol. The van der Waals surface area contributed by atoms with E-state index in [1.807, 2.05) is 6.92 Å². The molecule has 3 N–H and O–H groups in total. The van der Waals surface area contributed by atoms with E-state index in [2.05, 4.69) is 15.6 Å². The van der Waals surface area contributed by atoms with Gasteiger partial charge in [-0.15, -0.1) is 0 Å². The van der Waals surface area contributed by atoms with Crippen LogP contribution in [0.1, 0.15) is 29.8 Å². The van der Waals surface area contributed by atoms with Crippen LogP contribution in [0.3, 0.4) is 0 Å². The fraction of sp³-hybridized carbons (Fsp3) is 0.227. The number of carbonyl (C=O) groups excluding carboxylic acids is 2. The molecule has 2 amide bonds. The average molecular weight is 428 g/mol. The van der Waals surface area contributed by atoms with Crippen molar-refractivity contribution in [3.05, 3.63) is 58.7 Å². The van der Waals surface area contributed by atoms with Crippen LogP contribution in [0.25, 0.3) is 22.6 Å². The highest BCUT2D eigenvalue weighted by atomic mass is 35.5. The first-order valence-corrected chi connectivity index (χ1v) is 9.73. The molecule has 7 nitrogen and oxygen atoms in total. The summed E-state index contributed by atoms with van der Waals surface area (Å²) in [4.78, 5) is 28.4. The maximum atomic E-state index is 12.8. The van der Waals surface area contributed by atoms with Gasteiger partial charge in [0.05, 0.1) is 16.7 Å². The first kappa shape index (κ1) is 21.5. The van der Waals surface area contributed by atoms with Crippen LogP contribution < -0.4 is 10.6 Å². The van der Waals surface area contributed by atoms with E-state index in [4.69, 9.17) is 16.0 Å². The summed E-state index contributed by atoms with van der Waals surface area (Å²) >= 11 is 6.34. The van der Waals surface area contributed by atoms with Crippen molar-refractivity contribution in [3.63, 3.8) is 0 Å². The Kier molecular flexibility index (Phi) is 6.54. The highest BCUT2D eigenvalue weighted by molar-refractivity contribution is 6.33. The van der Waals surface area contributed by atoms with Gasteiger partial charge in [0.15, 0.2) is 0 Å². The van der Waals surface area contributed by atoms with Gasteiger partial charge in [-0.3, -0.25) is 9.59 Å². The van der Waals surface area contributed by atoms with Crippen LogP contribution in [-0.2, 0) is 4.79 Å². The second-order valence-corrected chi connectivity index (χ2v) is 7.37. The van der Waals surface area contributed by atoms with E-state index in [1.165, 1.54) is 6.92 Å². The summed E-state index contributed by atoms with van der Waals surface area (Å²) in [6.07, 6.45) is 0.928. The summed E-state index contributed by atoms with van der Waals surface area (Å²) in [6.45, 7) is 4.93. The smallest absolute Gasteiger partial charge is 0.255 e. The van der Waals surface area contributed by atoms with Crippen LogP contribution in [0, 0.1) is 6.92 Å². The monoisotopic (exact) mass is 427 g/mol. The van der Waals surface area contributed by atoms with E-state index in [1.54, 1.807) is 49.5 Å². The van der Waals surface area contributed by atoms with Gasteiger partial charge in [-0.1, -0.05) is 23.7 Å². The number of anilines is 1. The molecule has 1 unspecified atom stereocenters. The molecule has 3 aromatic rings. The fourth-order valence-electron chi connectivity index (χ4n) is 2.91. The lowest BCUT2D eigenvalue weighted by Gasteiger charge is -2.08. The van der Waals surface area contributed by atoms with Gasteiger partial charge in [-0.2, -0.15) is 0 Å². The number of carbonyl (C=O) groups is 2. The molecule has 1 aromatic carbocycles. The summed E-state index contributed by atoms with van der Waals surface area (Å²) in [5, 5.41) is 15.3. The van der Waals surface area contributed by atoms with E-state index in [-0.39, 0.29) is 18.0 Å². The third kappa shape index (κ3) is 4.87. The van der Waals surface area contributed by atoms with Gasteiger partial charge in [-0.25, -0.2) is 4.98 Å². The van der Waals surface area contributed by atoms with Gasteiger partial charge in [0, 0.05) is 30.8 Å². The average Bonchev–Trinajstić information content (AvgIpc) is 3.12. The first-order chi connectivity index (χ1) is 14.3. The number of nitrogens with zero attached hydrogens (tertiary/aromatic N) is 1. The molecule has 1 atom stereocenters. The first-order valence-electron chi connectivity index (χ1n) is 9.36. The van der Waals surface area contributed by atoms with E-state index < -0.39 is 12.0 Å². The highest BCUT2D eigenvalue weighted by Gasteiger charge is 2.23. The second kappa shape index (κ2) is 9.11. The minimum absolute atomic E-state index is 0.0995. The second-order valence-electron chi connectivity index (χ2n) is 6.96. The standard InChI is InChI=1S/C22H22ClN3O4/c1-12-10-24-20(26-14(3)28)9-16(12)19-8-17(22(29)25-11-13(2)27)21(30-19)15-6-4-5-7-18(15)23/h4-10,13,27H,11H2,1-3H3,(H,25,29)(H,24,26,28). The quantitative estimate of drug-likeness (QED) is 0.550. The molecule has 0 bridgehead atoms. The lowest BCUT2D eigenvalue weighted by molar-refractivity contribution is -0.114. The minimum atomic E-state index is -0.688. The molecule has 0 fully saturated rings. The zero-order valence-corrected chi connectivity index (χ0v) is 17.6. The summed E-state index contributed by atoms with van der Waals surface area (Å²) in [6, 6.07) is 10.4. The Balaban J connectivity index is 2.11. The van der Waals surface area contributed by atoms with Gasteiger partial charge >= 0.3 is 0 Å². The van der Waals surface area contributed by atoms with Crippen LogP contribution in [0.15, 0.2) is 47.0 Å². The van der Waals surface area contributed by atoms with Gasteiger partial charge in [0.1, 0.15) is 17.3 Å². The number of halogens is 1. The number of aliphatic hydroxyl groups is 1. The number of rotatable bonds is 6. The van der Waals surface area contributed by atoms with Crippen LogP contribution in [0.5, 0.6) is 0 Å². The normalized spacial score (nSPS) is 11.8. The Hall–Kier alpha value is -3.16. The number of aliphatic hydroxyl groups excluding tert-OH is 1. The molecular formula is C22H22ClN3O4. The van der Waals surface area contributed by atoms with Crippen molar-refractivity contribution < 1.29 is 19.1 Å². The summed E-state index contributed by atoms with van der Waals surface area (Å²) < 4.78 is 6.09. The Morgan fingerprint density at radius 1 is 1.23 bits per heavy atom. The van der Waals surface area contributed by atoms with E-state index in [9.17, 15) is 14.7 Å². The van der Waals surface area contributed by atoms with Crippen LogP contribution >= 0.6 is 11.6 Å². The van der Waals surface area contributed by atoms with Gasteiger partial charge < -0.3 is 20.2 Å². The van der Waals surface area contributed by atoms with Crippen molar-refractivity contribution in [3.8, 4) is 22.6 Å². The summed E-state index contributed by atoms with van der Waals surface area (Å²) in [7, 11) is 0. The van der Waals surface area contributed by atoms with Gasteiger partial charge in [0.25, 0.3) is 5.91 Å². The molecule has 0 saturated heterocycles. The Bertz CT molecular complexity index is 1090. The largest absolute Gasteiger partial charge is 0.455 e. The molecular weight excluding hydrogens is 406 g/mol. The Morgan fingerprint density at radius 2 is 1.97 bits per heavy atom. The molecule has 0 spiro atoms. The number of benzene rings is 1. The van der Waals surface area contributed by atoms with Crippen molar-refractivity contribution in [2.75, 3.05) is 11.9 Å². The third-order valence-electron chi connectivity index (χ3n) is 4.33.